The van der Waals surface area contributed by atoms with E-state index < -0.39 is 0 Å². The maximum absolute atomic E-state index is 13.9. The number of ether oxygens (including phenoxy) is 2. The number of rotatable bonds is 3. The Labute approximate surface area is 152 Å². The van der Waals surface area contributed by atoms with Gasteiger partial charge in [0.15, 0.2) is 12.8 Å². The number of guanidine groups is 1. The predicted octanol–water partition coefficient (Wildman–Crippen LogP) is 1.32. The minimum absolute atomic E-state index is 0.0948. The van der Waals surface area contributed by atoms with Gasteiger partial charge in [-0.1, -0.05) is 0 Å². The van der Waals surface area contributed by atoms with E-state index in [0.29, 0.717) is 43.1 Å². The maximum Gasteiger partial charge on any atom is 0.219 e. The molecule has 2 heterocycles. The number of aliphatic imine (C=N–C) groups is 1. The van der Waals surface area contributed by atoms with Crippen molar-refractivity contribution in [2.75, 3.05) is 39.5 Å². The molecule has 1 amide bonds. The van der Waals surface area contributed by atoms with Crippen molar-refractivity contribution >= 4 is 11.9 Å². The SMILES string of the molecule is CCNC(=NCc1cc(F)cc2c1OCOC2)N1CCN(C(C)=O)CC1. The van der Waals surface area contributed by atoms with Gasteiger partial charge in [0.05, 0.1) is 13.2 Å². The molecule has 0 unspecified atom stereocenters. The van der Waals surface area contributed by atoms with Gasteiger partial charge in [-0.3, -0.25) is 4.79 Å². The van der Waals surface area contributed by atoms with Crippen molar-refractivity contribution in [3.8, 4) is 5.75 Å². The van der Waals surface area contributed by atoms with E-state index in [9.17, 15) is 9.18 Å². The highest BCUT2D eigenvalue weighted by Gasteiger charge is 2.21. The molecular formula is C18H25FN4O3. The van der Waals surface area contributed by atoms with Crippen molar-refractivity contribution in [3.63, 3.8) is 0 Å². The summed E-state index contributed by atoms with van der Waals surface area (Å²) < 4.78 is 24.6. The Morgan fingerprint density at radius 2 is 2.00 bits per heavy atom. The Morgan fingerprint density at radius 1 is 1.27 bits per heavy atom. The highest BCUT2D eigenvalue weighted by Crippen LogP contribution is 2.30. The topological polar surface area (TPSA) is 66.4 Å². The third kappa shape index (κ3) is 4.24. The Hall–Kier alpha value is -2.35. The molecule has 1 fully saturated rings. The first-order valence-corrected chi connectivity index (χ1v) is 8.89. The van der Waals surface area contributed by atoms with Gasteiger partial charge in [-0.25, -0.2) is 9.38 Å². The normalized spacial score (nSPS) is 17.6. The molecule has 0 atom stereocenters. The summed E-state index contributed by atoms with van der Waals surface area (Å²) in [6.07, 6.45) is 0. The first kappa shape index (κ1) is 18.4. The molecule has 0 bridgehead atoms. The number of halogens is 1. The molecule has 3 rings (SSSR count). The fourth-order valence-corrected chi connectivity index (χ4v) is 3.19. The zero-order valence-electron chi connectivity index (χ0n) is 15.3. The molecule has 2 aliphatic rings. The van der Waals surface area contributed by atoms with Crippen LogP contribution < -0.4 is 10.1 Å². The van der Waals surface area contributed by atoms with Crippen molar-refractivity contribution in [3.05, 3.63) is 29.1 Å². The summed E-state index contributed by atoms with van der Waals surface area (Å²) in [5, 5.41) is 3.27. The fourth-order valence-electron chi connectivity index (χ4n) is 3.19. The number of hydrogen-bond donors (Lipinski definition) is 1. The quantitative estimate of drug-likeness (QED) is 0.647. The van der Waals surface area contributed by atoms with E-state index in [1.807, 2.05) is 11.8 Å². The van der Waals surface area contributed by atoms with Gasteiger partial charge in [0.25, 0.3) is 0 Å². The lowest BCUT2D eigenvalue weighted by atomic mass is 10.1. The summed E-state index contributed by atoms with van der Waals surface area (Å²) in [7, 11) is 0. The number of fused-ring (bicyclic) bond motifs is 1. The second-order valence-electron chi connectivity index (χ2n) is 6.33. The number of carbonyl (C=O) groups excluding carboxylic acids is 1. The molecule has 1 N–H and O–H groups in total. The van der Waals surface area contributed by atoms with E-state index in [1.54, 1.807) is 6.92 Å². The number of nitrogens with zero attached hydrogens (tertiary/aromatic N) is 3. The Bertz CT molecular complexity index is 687. The zero-order chi connectivity index (χ0) is 18.5. The molecule has 0 aromatic heterocycles. The van der Waals surface area contributed by atoms with E-state index in [1.165, 1.54) is 12.1 Å². The third-order valence-corrected chi connectivity index (χ3v) is 4.51. The zero-order valence-corrected chi connectivity index (χ0v) is 15.3. The average molecular weight is 364 g/mol. The van der Waals surface area contributed by atoms with Crippen LogP contribution in [0.2, 0.25) is 0 Å². The Morgan fingerprint density at radius 3 is 2.69 bits per heavy atom. The van der Waals surface area contributed by atoms with Crippen LogP contribution in [0.3, 0.4) is 0 Å². The van der Waals surface area contributed by atoms with E-state index in [-0.39, 0.29) is 18.5 Å². The van der Waals surface area contributed by atoms with Crippen molar-refractivity contribution in [2.24, 2.45) is 4.99 Å². The number of benzene rings is 1. The van der Waals surface area contributed by atoms with Crippen molar-refractivity contribution in [1.29, 1.82) is 0 Å². The lowest BCUT2D eigenvalue weighted by molar-refractivity contribution is -0.130. The van der Waals surface area contributed by atoms with Crippen LogP contribution in [0, 0.1) is 5.82 Å². The highest BCUT2D eigenvalue weighted by atomic mass is 19.1. The standard InChI is InChI=1S/C18H25FN4O3/c1-3-20-18(23-6-4-22(5-7-23)13(2)24)21-10-14-8-16(19)9-15-11-25-12-26-17(14)15/h8-9H,3-7,10-12H2,1-2H3,(H,20,21). The van der Waals surface area contributed by atoms with Gasteiger partial charge in [0, 0.05) is 50.8 Å². The van der Waals surface area contributed by atoms with Crippen LogP contribution in [0.4, 0.5) is 4.39 Å². The molecule has 1 aromatic rings. The minimum atomic E-state index is -0.317. The predicted molar refractivity (Wildman–Crippen MR) is 95.3 cm³/mol. The van der Waals surface area contributed by atoms with Crippen LogP contribution in [0.5, 0.6) is 5.75 Å². The van der Waals surface area contributed by atoms with Crippen LogP contribution in [0.1, 0.15) is 25.0 Å². The maximum atomic E-state index is 13.9. The number of amides is 1. The Balaban J connectivity index is 1.74. The molecule has 0 saturated carbocycles. The lowest BCUT2D eigenvalue weighted by Crippen LogP contribution is -2.53. The van der Waals surface area contributed by atoms with Gasteiger partial charge in [-0.2, -0.15) is 0 Å². The van der Waals surface area contributed by atoms with Crippen molar-refractivity contribution in [1.82, 2.24) is 15.1 Å². The van der Waals surface area contributed by atoms with Gasteiger partial charge in [0.1, 0.15) is 11.6 Å². The first-order valence-electron chi connectivity index (χ1n) is 8.89. The summed E-state index contributed by atoms with van der Waals surface area (Å²) in [5.74, 6) is 1.21. The van der Waals surface area contributed by atoms with Crippen LogP contribution >= 0.6 is 0 Å². The lowest BCUT2D eigenvalue weighted by Gasteiger charge is -2.36. The second-order valence-corrected chi connectivity index (χ2v) is 6.33. The van der Waals surface area contributed by atoms with E-state index in [4.69, 9.17) is 9.47 Å². The molecule has 0 spiro atoms. The molecule has 8 heteroatoms. The molecule has 142 valence electrons. The molecule has 26 heavy (non-hydrogen) atoms. The van der Waals surface area contributed by atoms with Crippen molar-refractivity contribution in [2.45, 2.75) is 27.0 Å². The van der Waals surface area contributed by atoms with Gasteiger partial charge in [0.2, 0.25) is 5.91 Å². The highest BCUT2D eigenvalue weighted by molar-refractivity contribution is 5.80. The van der Waals surface area contributed by atoms with Crippen LogP contribution in [-0.4, -0.2) is 61.2 Å². The summed E-state index contributed by atoms with van der Waals surface area (Å²) >= 11 is 0. The molecule has 0 radical (unpaired) electrons. The summed E-state index contributed by atoms with van der Waals surface area (Å²) in [6, 6.07) is 2.90. The minimum Gasteiger partial charge on any atom is -0.467 e. The molecule has 7 nitrogen and oxygen atoms in total. The Kier molecular flexibility index (Phi) is 5.92. The smallest absolute Gasteiger partial charge is 0.219 e. The summed E-state index contributed by atoms with van der Waals surface area (Å²) in [4.78, 5) is 20.1. The fraction of sp³-hybridized carbons (Fsp3) is 0.556. The number of piperazine rings is 1. The summed E-state index contributed by atoms with van der Waals surface area (Å²) in [6.45, 7) is 7.95. The molecular weight excluding hydrogens is 339 g/mol. The van der Waals surface area contributed by atoms with Crippen LogP contribution in [-0.2, 0) is 22.7 Å². The summed E-state index contributed by atoms with van der Waals surface area (Å²) in [5.41, 5.74) is 1.42. The van der Waals surface area contributed by atoms with E-state index in [2.05, 4.69) is 15.2 Å². The van der Waals surface area contributed by atoms with E-state index in [0.717, 1.165) is 25.6 Å². The molecule has 2 aliphatic heterocycles. The number of carbonyl (C=O) groups is 1. The van der Waals surface area contributed by atoms with Gasteiger partial charge in [-0.05, 0) is 19.1 Å². The largest absolute Gasteiger partial charge is 0.467 e. The number of nitrogens with one attached hydrogen (secondary N) is 1. The van der Waals surface area contributed by atoms with Crippen molar-refractivity contribution < 1.29 is 18.7 Å². The second kappa shape index (κ2) is 8.35. The van der Waals surface area contributed by atoms with E-state index >= 15 is 0 Å². The molecule has 0 aliphatic carbocycles. The first-order chi connectivity index (χ1) is 12.6. The van der Waals surface area contributed by atoms with Crippen LogP contribution in [0.15, 0.2) is 17.1 Å². The van der Waals surface area contributed by atoms with Gasteiger partial charge >= 0.3 is 0 Å². The third-order valence-electron chi connectivity index (χ3n) is 4.51. The average Bonchev–Trinajstić information content (AvgIpc) is 2.65. The van der Waals surface area contributed by atoms with Gasteiger partial charge in [-0.15, -0.1) is 0 Å². The number of hydrogen-bond acceptors (Lipinski definition) is 4. The van der Waals surface area contributed by atoms with Gasteiger partial charge < -0.3 is 24.6 Å². The van der Waals surface area contributed by atoms with Crippen LogP contribution in [0.25, 0.3) is 0 Å². The molecule has 1 saturated heterocycles. The monoisotopic (exact) mass is 364 g/mol. The molecule has 1 aromatic carbocycles.